The van der Waals surface area contributed by atoms with Gasteiger partial charge in [-0.3, -0.25) is 0 Å². The van der Waals surface area contributed by atoms with Gasteiger partial charge in [-0.1, -0.05) is 37.3 Å². The lowest BCUT2D eigenvalue weighted by Gasteiger charge is -2.07. The number of unbranched alkanes of at least 4 members (excludes halogenated alkanes) is 2. The third-order valence-corrected chi connectivity index (χ3v) is 2.57. The number of hydrogen-bond acceptors (Lipinski definition) is 2. The highest BCUT2D eigenvalue weighted by Crippen LogP contribution is 2.05. The van der Waals surface area contributed by atoms with Crippen LogP contribution in [0.25, 0.3) is 0 Å². The fourth-order valence-corrected chi connectivity index (χ4v) is 1.52. The molecule has 92 valence electrons. The van der Waals surface area contributed by atoms with Crippen LogP contribution in [0.4, 0.5) is 0 Å². The number of aliphatic hydroxyl groups is 1. The van der Waals surface area contributed by atoms with Crippen LogP contribution in [-0.2, 0) is 6.42 Å². The molecule has 0 bridgehead atoms. The highest BCUT2D eigenvalue weighted by atomic mass is 16.3. The lowest BCUT2D eigenvalue weighted by molar-refractivity contribution is 0.265. The standard InChI is InChI=1S/C15H21NO/c1-2-3-4-5-6-13-7-9-14(10-8-13)11-15(16)12-17/h7-10,15,17H,2-4,11-12,16H2,1H3. The number of benzene rings is 1. The minimum Gasteiger partial charge on any atom is -0.395 e. The predicted octanol–water partition coefficient (Wildman–Crippen LogP) is 2.09. The maximum Gasteiger partial charge on any atom is 0.0585 e. The van der Waals surface area contributed by atoms with E-state index in [1.165, 1.54) is 6.42 Å². The van der Waals surface area contributed by atoms with Gasteiger partial charge in [0.15, 0.2) is 0 Å². The van der Waals surface area contributed by atoms with E-state index in [0.717, 1.165) is 24.0 Å². The van der Waals surface area contributed by atoms with Gasteiger partial charge in [-0.25, -0.2) is 0 Å². The van der Waals surface area contributed by atoms with Crippen LogP contribution in [0.3, 0.4) is 0 Å². The summed E-state index contributed by atoms with van der Waals surface area (Å²) in [6.07, 6.45) is 4.02. The summed E-state index contributed by atoms with van der Waals surface area (Å²) in [6, 6.07) is 7.91. The summed E-state index contributed by atoms with van der Waals surface area (Å²) in [5.41, 5.74) is 7.87. The topological polar surface area (TPSA) is 46.2 Å². The van der Waals surface area contributed by atoms with Gasteiger partial charge in [-0.05, 0) is 30.5 Å². The molecule has 2 nitrogen and oxygen atoms in total. The SMILES string of the molecule is CCCCC#Cc1ccc(CC(N)CO)cc1. The summed E-state index contributed by atoms with van der Waals surface area (Å²) < 4.78 is 0. The Kier molecular flexibility index (Phi) is 6.39. The van der Waals surface area contributed by atoms with Crippen LogP contribution in [0.1, 0.15) is 37.3 Å². The molecule has 2 heteroatoms. The van der Waals surface area contributed by atoms with E-state index < -0.39 is 0 Å². The molecule has 0 aliphatic carbocycles. The van der Waals surface area contributed by atoms with E-state index in [0.29, 0.717) is 6.42 Å². The van der Waals surface area contributed by atoms with Gasteiger partial charge in [0.1, 0.15) is 0 Å². The summed E-state index contributed by atoms with van der Waals surface area (Å²) in [7, 11) is 0. The van der Waals surface area contributed by atoms with Crippen LogP contribution < -0.4 is 5.73 Å². The lowest BCUT2D eigenvalue weighted by atomic mass is 10.1. The molecule has 3 N–H and O–H groups in total. The minimum atomic E-state index is -0.170. The predicted molar refractivity (Wildman–Crippen MR) is 71.6 cm³/mol. The molecular formula is C15H21NO. The van der Waals surface area contributed by atoms with Crippen molar-refractivity contribution in [2.24, 2.45) is 5.73 Å². The Morgan fingerprint density at radius 2 is 2.00 bits per heavy atom. The zero-order chi connectivity index (χ0) is 12.5. The number of rotatable bonds is 5. The van der Waals surface area contributed by atoms with Crippen molar-refractivity contribution < 1.29 is 5.11 Å². The molecule has 1 aromatic carbocycles. The molecule has 0 aromatic heterocycles. The van der Waals surface area contributed by atoms with E-state index in [1.807, 2.05) is 24.3 Å². The first kappa shape index (κ1) is 13.8. The maximum absolute atomic E-state index is 8.87. The van der Waals surface area contributed by atoms with Crippen molar-refractivity contribution in [1.82, 2.24) is 0 Å². The molecule has 0 heterocycles. The van der Waals surface area contributed by atoms with E-state index in [4.69, 9.17) is 10.8 Å². The van der Waals surface area contributed by atoms with Crippen molar-refractivity contribution in [3.8, 4) is 11.8 Å². The van der Waals surface area contributed by atoms with Crippen LogP contribution in [-0.4, -0.2) is 17.8 Å². The second-order valence-electron chi connectivity index (χ2n) is 4.25. The lowest BCUT2D eigenvalue weighted by Crippen LogP contribution is -2.26. The third kappa shape index (κ3) is 5.53. The van der Waals surface area contributed by atoms with Crippen LogP contribution >= 0.6 is 0 Å². The molecule has 0 aliphatic heterocycles. The van der Waals surface area contributed by atoms with Crippen molar-refractivity contribution in [3.63, 3.8) is 0 Å². The number of aliphatic hydroxyl groups excluding tert-OH is 1. The second kappa shape index (κ2) is 7.89. The minimum absolute atomic E-state index is 0.0264. The maximum atomic E-state index is 8.87. The zero-order valence-corrected chi connectivity index (χ0v) is 10.4. The number of nitrogens with two attached hydrogens (primary N) is 1. The molecule has 1 rings (SSSR count). The molecule has 0 saturated carbocycles. The summed E-state index contributed by atoms with van der Waals surface area (Å²) in [4.78, 5) is 0. The second-order valence-corrected chi connectivity index (χ2v) is 4.25. The Balaban J connectivity index is 2.51. The zero-order valence-electron chi connectivity index (χ0n) is 10.4. The van der Waals surface area contributed by atoms with Crippen LogP contribution in [0, 0.1) is 11.8 Å². The molecule has 0 spiro atoms. The Labute approximate surface area is 104 Å². The molecule has 0 fully saturated rings. The van der Waals surface area contributed by atoms with Crippen molar-refractivity contribution in [2.45, 2.75) is 38.6 Å². The van der Waals surface area contributed by atoms with Gasteiger partial charge in [-0.15, -0.1) is 0 Å². The summed E-state index contributed by atoms with van der Waals surface area (Å²) in [5, 5.41) is 8.87. The van der Waals surface area contributed by atoms with Gasteiger partial charge in [0, 0.05) is 18.0 Å². The van der Waals surface area contributed by atoms with E-state index in [9.17, 15) is 0 Å². The van der Waals surface area contributed by atoms with Crippen molar-refractivity contribution >= 4 is 0 Å². The fraction of sp³-hybridized carbons (Fsp3) is 0.467. The highest BCUT2D eigenvalue weighted by Gasteiger charge is 2.01. The molecule has 0 saturated heterocycles. The number of hydrogen-bond donors (Lipinski definition) is 2. The molecule has 0 radical (unpaired) electrons. The average molecular weight is 231 g/mol. The summed E-state index contributed by atoms with van der Waals surface area (Å²) in [5.74, 6) is 6.30. The summed E-state index contributed by atoms with van der Waals surface area (Å²) in [6.45, 7) is 2.19. The Bertz CT molecular complexity index is 372. The molecule has 17 heavy (non-hydrogen) atoms. The van der Waals surface area contributed by atoms with Crippen molar-refractivity contribution in [1.29, 1.82) is 0 Å². The van der Waals surface area contributed by atoms with Crippen LogP contribution in [0.15, 0.2) is 24.3 Å². The first-order valence-corrected chi connectivity index (χ1v) is 6.20. The van der Waals surface area contributed by atoms with E-state index in [-0.39, 0.29) is 12.6 Å². The van der Waals surface area contributed by atoms with E-state index >= 15 is 0 Å². The first-order valence-electron chi connectivity index (χ1n) is 6.20. The van der Waals surface area contributed by atoms with Crippen molar-refractivity contribution in [3.05, 3.63) is 35.4 Å². The van der Waals surface area contributed by atoms with Gasteiger partial charge in [-0.2, -0.15) is 0 Å². The monoisotopic (exact) mass is 231 g/mol. The molecule has 1 unspecified atom stereocenters. The molecule has 0 aliphatic rings. The van der Waals surface area contributed by atoms with Gasteiger partial charge in [0.05, 0.1) is 6.61 Å². The third-order valence-electron chi connectivity index (χ3n) is 2.57. The highest BCUT2D eigenvalue weighted by molar-refractivity contribution is 5.36. The quantitative estimate of drug-likeness (QED) is 0.602. The Morgan fingerprint density at radius 3 is 2.59 bits per heavy atom. The molecule has 1 atom stereocenters. The van der Waals surface area contributed by atoms with E-state index in [2.05, 4.69) is 18.8 Å². The normalized spacial score (nSPS) is 11.7. The smallest absolute Gasteiger partial charge is 0.0585 e. The van der Waals surface area contributed by atoms with Crippen LogP contribution in [0.2, 0.25) is 0 Å². The van der Waals surface area contributed by atoms with E-state index in [1.54, 1.807) is 0 Å². The van der Waals surface area contributed by atoms with Gasteiger partial charge < -0.3 is 10.8 Å². The Morgan fingerprint density at radius 1 is 1.29 bits per heavy atom. The largest absolute Gasteiger partial charge is 0.395 e. The summed E-state index contributed by atoms with van der Waals surface area (Å²) >= 11 is 0. The van der Waals surface area contributed by atoms with Gasteiger partial charge in [0.25, 0.3) is 0 Å². The van der Waals surface area contributed by atoms with Crippen molar-refractivity contribution in [2.75, 3.05) is 6.61 Å². The first-order chi connectivity index (χ1) is 8.26. The fourth-order valence-electron chi connectivity index (χ4n) is 1.52. The van der Waals surface area contributed by atoms with Gasteiger partial charge >= 0.3 is 0 Å². The Hall–Kier alpha value is -1.30. The molecule has 1 aromatic rings. The molecule has 0 amide bonds. The van der Waals surface area contributed by atoms with Crippen LogP contribution in [0.5, 0.6) is 0 Å². The van der Waals surface area contributed by atoms with Gasteiger partial charge in [0.2, 0.25) is 0 Å². The molecular weight excluding hydrogens is 210 g/mol. The average Bonchev–Trinajstić information content (AvgIpc) is 2.36.